The van der Waals surface area contributed by atoms with Crippen molar-refractivity contribution in [3.05, 3.63) is 64.2 Å². The molecule has 27 heavy (non-hydrogen) atoms. The van der Waals surface area contributed by atoms with E-state index in [4.69, 9.17) is 0 Å². The Hall–Kier alpha value is -3.15. The molecule has 0 fully saturated rings. The van der Waals surface area contributed by atoms with Crippen LogP contribution in [0.4, 0.5) is 11.4 Å². The van der Waals surface area contributed by atoms with E-state index in [0.717, 1.165) is 30.8 Å². The molecular formula is C21H22N4O2. The zero-order chi connectivity index (χ0) is 19.0. The Labute approximate surface area is 157 Å². The molecule has 1 aromatic heterocycles. The summed E-state index contributed by atoms with van der Waals surface area (Å²) in [6, 6.07) is 12.7. The number of hydrogen-bond donors (Lipinski definition) is 1. The molecule has 6 nitrogen and oxygen atoms in total. The molecule has 2 heterocycles. The molecule has 1 aliphatic heterocycles. The lowest BCUT2D eigenvalue weighted by atomic mass is 10.1. The van der Waals surface area contributed by atoms with Crippen molar-refractivity contribution in [2.45, 2.75) is 25.8 Å². The third-order valence-corrected chi connectivity index (χ3v) is 4.95. The Balaban J connectivity index is 1.66. The molecule has 0 atom stereocenters. The van der Waals surface area contributed by atoms with Crippen molar-refractivity contribution in [1.82, 2.24) is 9.55 Å². The number of benzene rings is 2. The van der Waals surface area contributed by atoms with Crippen LogP contribution in [0.5, 0.6) is 0 Å². The molecular weight excluding hydrogens is 340 g/mol. The van der Waals surface area contributed by atoms with Gasteiger partial charge in [0.05, 0.1) is 10.9 Å². The Kier molecular flexibility index (Phi) is 4.39. The van der Waals surface area contributed by atoms with Crippen molar-refractivity contribution in [3.8, 4) is 0 Å². The SMILES string of the molecule is CN(C)c1cccc(C(=O)Nc2ccc3nc4n(c(=O)c3c2)CCCC4)c1. The number of nitrogens with zero attached hydrogens (tertiary/aromatic N) is 3. The van der Waals surface area contributed by atoms with Gasteiger partial charge < -0.3 is 10.2 Å². The topological polar surface area (TPSA) is 67.2 Å². The van der Waals surface area contributed by atoms with Gasteiger partial charge in [-0.2, -0.15) is 0 Å². The molecule has 6 heteroatoms. The van der Waals surface area contributed by atoms with Crippen LogP contribution >= 0.6 is 0 Å². The van der Waals surface area contributed by atoms with Gasteiger partial charge in [0.25, 0.3) is 11.5 Å². The lowest BCUT2D eigenvalue weighted by Crippen LogP contribution is -2.28. The molecule has 0 bridgehead atoms. The van der Waals surface area contributed by atoms with Crippen LogP contribution in [0.15, 0.2) is 47.3 Å². The molecule has 0 unspecified atom stereocenters. The normalized spacial score (nSPS) is 13.3. The van der Waals surface area contributed by atoms with E-state index in [9.17, 15) is 9.59 Å². The predicted octanol–water partition coefficient (Wildman–Crippen LogP) is 3.05. The second kappa shape index (κ2) is 6.87. The standard InChI is InChI=1S/C21H22N4O2/c1-24(2)16-7-5-6-14(12-16)20(26)22-15-9-10-18-17(13-15)21(27)25-11-4-3-8-19(25)23-18/h5-7,9-10,12-13H,3-4,8,11H2,1-2H3,(H,22,26). The smallest absolute Gasteiger partial charge is 0.261 e. The van der Waals surface area contributed by atoms with E-state index >= 15 is 0 Å². The number of anilines is 2. The highest BCUT2D eigenvalue weighted by atomic mass is 16.1. The first-order chi connectivity index (χ1) is 13.0. The van der Waals surface area contributed by atoms with Crippen LogP contribution in [0.2, 0.25) is 0 Å². The first-order valence-electron chi connectivity index (χ1n) is 9.15. The Morgan fingerprint density at radius 2 is 2.00 bits per heavy atom. The number of aromatic nitrogens is 2. The number of carbonyl (C=O) groups excluding carboxylic acids is 1. The molecule has 1 N–H and O–H groups in total. The van der Waals surface area contributed by atoms with E-state index < -0.39 is 0 Å². The van der Waals surface area contributed by atoms with Crippen LogP contribution < -0.4 is 15.8 Å². The minimum atomic E-state index is -0.205. The fourth-order valence-electron chi connectivity index (χ4n) is 3.45. The number of nitrogens with one attached hydrogen (secondary N) is 1. The van der Waals surface area contributed by atoms with Crippen molar-refractivity contribution in [2.75, 3.05) is 24.3 Å². The van der Waals surface area contributed by atoms with Crippen LogP contribution in [0, 0.1) is 0 Å². The number of aryl methyl sites for hydroxylation is 1. The first kappa shape index (κ1) is 17.3. The van der Waals surface area contributed by atoms with Gasteiger partial charge in [0.2, 0.25) is 0 Å². The van der Waals surface area contributed by atoms with Gasteiger partial charge in [0.15, 0.2) is 0 Å². The van der Waals surface area contributed by atoms with Gasteiger partial charge in [-0.25, -0.2) is 4.98 Å². The van der Waals surface area contributed by atoms with E-state index in [1.54, 1.807) is 28.8 Å². The lowest BCUT2D eigenvalue weighted by Gasteiger charge is -2.18. The summed E-state index contributed by atoms with van der Waals surface area (Å²) in [4.78, 5) is 32.0. The quantitative estimate of drug-likeness (QED) is 0.778. The molecule has 0 saturated heterocycles. The molecule has 4 rings (SSSR count). The Bertz CT molecular complexity index is 1090. The lowest BCUT2D eigenvalue weighted by molar-refractivity contribution is 0.102. The van der Waals surface area contributed by atoms with Crippen LogP contribution in [0.25, 0.3) is 10.9 Å². The van der Waals surface area contributed by atoms with E-state index in [-0.39, 0.29) is 11.5 Å². The van der Waals surface area contributed by atoms with Crippen molar-refractivity contribution < 1.29 is 4.79 Å². The molecule has 1 aliphatic rings. The maximum absolute atomic E-state index is 12.8. The highest BCUT2D eigenvalue weighted by Gasteiger charge is 2.15. The number of rotatable bonds is 3. The van der Waals surface area contributed by atoms with Crippen molar-refractivity contribution in [1.29, 1.82) is 0 Å². The summed E-state index contributed by atoms with van der Waals surface area (Å²) in [6.45, 7) is 0.713. The number of hydrogen-bond acceptors (Lipinski definition) is 4. The van der Waals surface area contributed by atoms with Gasteiger partial charge in [-0.15, -0.1) is 0 Å². The summed E-state index contributed by atoms with van der Waals surface area (Å²) < 4.78 is 1.76. The molecule has 0 saturated carbocycles. The van der Waals surface area contributed by atoms with Crippen LogP contribution in [-0.2, 0) is 13.0 Å². The fourth-order valence-corrected chi connectivity index (χ4v) is 3.45. The maximum Gasteiger partial charge on any atom is 0.261 e. The average molecular weight is 362 g/mol. The second-order valence-electron chi connectivity index (χ2n) is 7.07. The molecule has 3 aromatic rings. The van der Waals surface area contributed by atoms with Gasteiger partial charge in [0.1, 0.15) is 5.82 Å². The van der Waals surface area contributed by atoms with Gasteiger partial charge in [-0.3, -0.25) is 14.2 Å². The molecule has 138 valence electrons. The van der Waals surface area contributed by atoms with Crippen molar-refractivity contribution >= 4 is 28.2 Å². The van der Waals surface area contributed by atoms with Gasteiger partial charge in [-0.05, 0) is 49.2 Å². The Morgan fingerprint density at radius 3 is 2.81 bits per heavy atom. The number of amides is 1. The Morgan fingerprint density at radius 1 is 1.15 bits per heavy atom. The van der Waals surface area contributed by atoms with E-state index in [1.165, 1.54) is 0 Å². The molecule has 0 spiro atoms. The average Bonchev–Trinajstić information content (AvgIpc) is 2.69. The summed E-state index contributed by atoms with van der Waals surface area (Å²) in [5.41, 5.74) is 2.77. The third-order valence-electron chi connectivity index (χ3n) is 4.95. The molecule has 0 radical (unpaired) electrons. The summed E-state index contributed by atoms with van der Waals surface area (Å²) in [5.74, 6) is 0.653. The molecule has 1 amide bonds. The number of fused-ring (bicyclic) bond motifs is 2. The van der Waals surface area contributed by atoms with Crippen LogP contribution in [-0.4, -0.2) is 29.6 Å². The first-order valence-corrected chi connectivity index (χ1v) is 9.15. The zero-order valence-electron chi connectivity index (χ0n) is 15.5. The minimum Gasteiger partial charge on any atom is -0.378 e. The minimum absolute atomic E-state index is 0.0274. The zero-order valence-corrected chi connectivity index (χ0v) is 15.5. The van der Waals surface area contributed by atoms with Crippen molar-refractivity contribution in [2.24, 2.45) is 0 Å². The van der Waals surface area contributed by atoms with Crippen LogP contribution in [0.1, 0.15) is 29.0 Å². The second-order valence-corrected chi connectivity index (χ2v) is 7.07. The third kappa shape index (κ3) is 3.30. The van der Waals surface area contributed by atoms with E-state index in [0.29, 0.717) is 28.7 Å². The van der Waals surface area contributed by atoms with Crippen molar-refractivity contribution in [3.63, 3.8) is 0 Å². The van der Waals surface area contributed by atoms with Gasteiger partial charge >= 0.3 is 0 Å². The van der Waals surface area contributed by atoms with E-state index in [2.05, 4.69) is 10.3 Å². The highest BCUT2D eigenvalue weighted by Crippen LogP contribution is 2.20. The molecule has 0 aliphatic carbocycles. The van der Waals surface area contributed by atoms with Crippen LogP contribution in [0.3, 0.4) is 0 Å². The van der Waals surface area contributed by atoms with Gasteiger partial charge in [0, 0.05) is 44.0 Å². The summed E-state index contributed by atoms with van der Waals surface area (Å²) >= 11 is 0. The highest BCUT2D eigenvalue weighted by molar-refractivity contribution is 6.05. The monoisotopic (exact) mass is 362 g/mol. The maximum atomic E-state index is 12.8. The number of carbonyl (C=O) groups is 1. The van der Waals surface area contributed by atoms with Gasteiger partial charge in [-0.1, -0.05) is 6.07 Å². The summed E-state index contributed by atoms with van der Waals surface area (Å²) in [6.07, 6.45) is 2.91. The van der Waals surface area contributed by atoms with E-state index in [1.807, 2.05) is 37.2 Å². The summed E-state index contributed by atoms with van der Waals surface area (Å²) in [7, 11) is 3.86. The molecule has 2 aromatic carbocycles. The summed E-state index contributed by atoms with van der Waals surface area (Å²) in [5, 5.41) is 3.43. The fraction of sp³-hybridized carbons (Fsp3) is 0.286. The predicted molar refractivity (Wildman–Crippen MR) is 108 cm³/mol. The largest absolute Gasteiger partial charge is 0.378 e.